The van der Waals surface area contributed by atoms with E-state index in [4.69, 9.17) is 9.47 Å². The third kappa shape index (κ3) is 6.68. The Hall–Kier alpha value is -0.980. The summed E-state index contributed by atoms with van der Waals surface area (Å²) in [4.78, 5) is 0. The fourth-order valence-corrected chi connectivity index (χ4v) is 1.41. The van der Waals surface area contributed by atoms with Gasteiger partial charge in [-0.2, -0.15) is 0 Å². The van der Waals surface area contributed by atoms with E-state index in [-0.39, 0.29) is 0 Å². The van der Waals surface area contributed by atoms with Crippen molar-refractivity contribution in [1.82, 2.24) is 20.3 Å². The van der Waals surface area contributed by atoms with Crippen molar-refractivity contribution in [3.05, 3.63) is 11.9 Å². The van der Waals surface area contributed by atoms with Crippen LogP contribution in [-0.2, 0) is 22.6 Å². The molecule has 0 amide bonds. The van der Waals surface area contributed by atoms with E-state index in [1.54, 1.807) is 4.68 Å². The maximum absolute atomic E-state index is 5.46. The van der Waals surface area contributed by atoms with Crippen molar-refractivity contribution in [2.75, 3.05) is 33.5 Å². The van der Waals surface area contributed by atoms with Crippen molar-refractivity contribution in [1.29, 1.82) is 0 Å². The van der Waals surface area contributed by atoms with E-state index in [9.17, 15) is 0 Å². The highest BCUT2D eigenvalue weighted by molar-refractivity contribution is 4.90. The molecule has 1 aromatic heterocycles. The highest BCUT2D eigenvalue weighted by atomic mass is 16.5. The van der Waals surface area contributed by atoms with E-state index in [0.717, 1.165) is 25.4 Å². The van der Waals surface area contributed by atoms with Crippen LogP contribution in [0.2, 0.25) is 0 Å². The molecule has 0 aliphatic heterocycles. The summed E-state index contributed by atoms with van der Waals surface area (Å²) in [6.07, 6.45) is 1.93. The Morgan fingerprint density at radius 2 is 2.06 bits per heavy atom. The average molecular weight is 256 g/mol. The molecule has 0 saturated carbocycles. The van der Waals surface area contributed by atoms with Crippen molar-refractivity contribution in [3.8, 4) is 0 Å². The molecule has 6 heteroatoms. The lowest BCUT2D eigenvalue weighted by atomic mass is 10.2. The Morgan fingerprint density at radius 1 is 1.28 bits per heavy atom. The van der Waals surface area contributed by atoms with Gasteiger partial charge in [0.1, 0.15) is 0 Å². The van der Waals surface area contributed by atoms with Crippen LogP contribution in [0.1, 0.15) is 19.5 Å². The third-order valence-corrected chi connectivity index (χ3v) is 2.23. The zero-order valence-electron chi connectivity index (χ0n) is 11.6. The molecule has 0 spiro atoms. The van der Waals surface area contributed by atoms with Gasteiger partial charge in [-0.05, 0) is 13.0 Å². The van der Waals surface area contributed by atoms with E-state index in [1.165, 1.54) is 0 Å². The largest absolute Gasteiger partial charge is 0.379 e. The molecule has 6 nitrogen and oxygen atoms in total. The molecule has 1 rings (SSSR count). The third-order valence-electron chi connectivity index (χ3n) is 2.23. The van der Waals surface area contributed by atoms with Gasteiger partial charge in [0.2, 0.25) is 0 Å². The van der Waals surface area contributed by atoms with Crippen molar-refractivity contribution < 1.29 is 9.47 Å². The van der Waals surface area contributed by atoms with Gasteiger partial charge in [0.05, 0.1) is 32.1 Å². The van der Waals surface area contributed by atoms with Gasteiger partial charge in [-0.25, -0.2) is 4.68 Å². The fourth-order valence-electron chi connectivity index (χ4n) is 1.41. The highest BCUT2D eigenvalue weighted by Crippen LogP contribution is 1.93. The maximum Gasteiger partial charge on any atom is 0.0964 e. The van der Waals surface area contributed by atoms with Gasteiger partial charge in [-0.3, -0.25) is 0 Å². The first-order chi connectivity index (χ1) is 8.72. The van der Waals surface area contributed by atoms with Gasteiger partial charge in [0.25, 0.3) is 0 Å². The summed E-state index contributed by atoms with van der Waals surface area (Å²) >= 11 is 0. The van der Waals surface area contributed by atoms with Crippen LogP contribution in [0.4, 0.5) is 0 Å². The summed E-state index contributed by atoms with van der Waals surface area (Å²) in [5.74, 6) is 0.575. The summed E-state index contributed by atoms with van der Waals surface area (Å²) < 4.78 is 12.7. The zero-order chi connectivity index (χ0) is 13.2. The summed E-state index contributed by atoms with van der Waals surface area (Å²) in [5, 5.41) is 11.1. The normalized spacial score (nSPS) is 11.3. The summed E-state index contributed by atoms with van der Waals surface area (Å²) in [6.45, 7) is 8.44. The van der Waals surface area contributed by atoms with Gasteiger partial charge in [-0.1, -0.05) is 19.1 Å². The lowest BCUT2D eigenvalue weighted by molar-refractivity contribution is 0.0345. The van der Waals surface area contributed by atoms with E-state index in [0.29, 0.717) is 25.7 Å². The molecule has 0 saturated heterocycles. The predicted octanol–water partition coefficient (Wildman–Crippen LogP) is 0.687. The van der Waals surface area contributed by atoms with Crippen LogP contribution in [0.15, 0.2) is 6.20 Å². The van der Waals surface area contributed by atoms with Crippen LogP contribution in [0, 0.1) is 5.92 Å². The van der Waals surface area contributed by atoms with Crippen LogP contribution in [0.5, 0.6) is 0 Å². The average Bonchev–Trinajstić information content (AvgIpc) is 2.76. The molecular formula is C12H24N4O2. The lowest BCUT2D eigenvalue weighted by Crippen LogP contribution is -2.12. The van der Waals surface area contributed by atoms with E-state index < -0.39 is 0 Å². The molecule has 1 aromatic rings. The zero-order valence-corrected chi connectivity index (χ0v) is 11.6. The fraction of sp³-hybridized carbons (Fsp3) is 0.833. The van der Waals surface area contributed by atoms with Gasteiger partial charge >= 0.3 is 0 Å². The predicted molar refractivity (Wildman–Crippen MR) is 69.3 cm³/mol. The second-order valence-corrected chi connectivity index (χ2v) is 4.58. The maximum atomic E-state index is 5.46. The number of hydrogen-bond donors (Lipinski definition) is 1. The minimum absolute atomic E-state index is 0.575. The van der Waals surface area contributed by atoms with E-state index in [1.807, 2.05) is 13.2 Å². The van der Waals surface area contributed by atoms with Crippen molar-refractivity contribution in [3.63, 3.8) is 0 Å². The van der Waals surface area contributed by atoms with Crippen LogP contribution >= 0.6 is 0 Å². The lowest BCUT2D eigenvalue weighted by Gasteiger charge is -2.07. The highest BCUT2D eigenvalue weighted by Gasteiger charge is 1.99. The minimum Gasteiger partial charge on any atom is -0.379 e. The smallest absolute Gasteiger partial charge is 0.0964 e. The number of nitrogens with zero attached hydrogens (tertiary/aromatic N) is 3. The summed E-state index contributed by atoms with van der Waals surface area (Å²) in [6, 6.07) is 0. The Labute approximate surface area is 109 Å². The number of aromatic nitrogens is 3. The Balaban J connectivity index is 2.00. The summed E-state index contributed by atoms with van der Waals surface area (Å²) in [7, 11) is 1.89. The molecule has 0 fully saturated rings. The SMILES string of the molecule is CNCc1cn(CCOCCOCC(C)C)nn1. The Bertz CT molecular complexity index is 315. The molecule has 1 N–H and O–H groups in total. The van der Waals surface area contributed by atoms with Crippen LogP contribution in [0.25, 0.3) is 0 Å². The van der Waals surface area contributed by atoms with Crippen molar-refractivity contribution >= 4 is 0 Å². The van der Waals surface area contributed by atoms with Crippen LogP contribution < -0.4 is 5.32 Å². The summed E-state index contributed by atoms with van der Waals surface area (Å²) in [5.41, 5.74) is 0.942. The second kappa shape index (κ2) is 9.02. The molecule has 0 aliphatic rings. The topological polar surface area (TPSA) is 61.2 Å². The number of nitrogens with one attached hydrogen (secondary N) is 1. The first kappa shape index (κ1) is 15.1. The number of rotatable bonds is 10. The molecule has 0 atom stereocenters. The standard InChI is InChI=1S/C12H24N4O2/c1-11(2)10-18-7-6-17-5-4-16-9-12(8-13-3)14-15-16/h9,11,13H,4-8,10H2,1-3H3. The first-order valence-corrected chi connectivity index (χ1v) is 6.41. The van der Waals surface area contributed by atoms with E-state index in [2.05, 4.69) is 29.5 Å². The van der Waals surface area contributed by atoms with Crippen LogP contribution in [0.3, 0.4) is 0 Å². The molecule has 0 bridgehead atoms. The van der Waals surface area contributed by atoms with Gasteiger partial charge in [0, 0.05) is 19.3 Å². The molecule has 1 heterocycles. The minimum atomic E-state index is 0.575. The van der Waals surface area contributed by atoms with Crippen molar-refractivity contribution in [2.24, 2.45) is 5.92 Å². The quantitative estimate of drug-likeness (QED) is 0.624. The second-order valence-electron chi connectivity index (χ2n) is 4.58. The molecule has 18 heavy (non-hydrogen) atoms. The Kier molecular flexibility index (Phi) is 7.55. The molecule has 104 valence electrons. The molecule has 0 radical (unpaired) electrons. The van der Waals surface area contributed by atoms with Gasteiger partial charge in [-0.15, -0.1) is 5.10 Å². The van der Waals surface area contributed by atoms with Crippen molar-refractivity contribution in [2.45, 2.75) is 26.9 Å². The van der Waals surface area contributed by atoms with E-state index >= 15 is 0 Å². The Morgan fingerprint density at radius 3 is 2.78 bits per heavy atom. The molecule has 0 aliphatic carbocycles. The molecule has 0 unspecified atom stereocenters. The van der Waals surface area contributed by atoms with Gasteiger partial charge in [0.15, 0.2) is 0 Å². The molecule has 0 aromatic carbocycles. The number of ether oxygens (including phenoxy) is 2. The number of hydrogen-bond acceptors (Lipinski definition) is 5. The first-order valence-electron chi connectivity index (χ1n) is 6.41. The molecular weight excluding hydrogens is 232 g/mol. The van der Waals surface area contributed by atoms with Gasteiger partial charge < -0.3 is 14.8 Å². The monoisotopic (exact) mass is 256 g/mol. The van der Waals surface area contributed by atoms with Crippen LogP contribution in [-0.4, -0.2) is 48.5 Å².